The molecule has 0 amide bonds. The molecular weight excluding hydrogens is 478 g/mol. The van der Waals surface area contributed by atoms with Crippen molar-refractivity contribution < 1.29 is 17.9 Å². The van der Waals surface area contributed by atoms with Gasteiger partial charge in [-0.3, -0.25) is 9.52 Å². The molecule has 0 aliphatic heterocycles. The van der Waals surface area contributed by atoms with Crippen LogP contribution in [0.1, 0.15) is 31.1 Å². The third kappa shape index (κ3) is 4.20. The maximum absolute atomic E-state index is 13.1. The Labute approximate surface area is 208 Å². The number of nitrogens with one attached hydrogen (secondary N) is 3. The van der Waals surface area contributed by atoms with Crippen molar-refractivity contribution in [3.63, 3.8) is 0 Å². The molecule has 0 bridgehead atoms. The van der Waals surface area contributed by atoms with Crippen LogP contribution in [-0.4, -0.2) is 41.2 Å². The summed E-state index contributed by atoms with van der Waals surface area (Å²) in [6.07, 6.45) is 4.96. The first-order valence-electron chi connectivity index (χ1n) is 11.2. The van der Waals surface area contributed by atoms with Crippen molar-refractivity contribution in [3.8, 4) is 17.0 Å². The summed E-state index contributed by atoms with van der Waals surface area (Å²) in [5.74, 6) is 0.514. The van der Waals surface area contributed by atoms with E-state index in [4.69, 9.17) is 9.72 Å². The summed E-state index contributed by atoms with van der Waals surface area (Å²) in [6.45, 7) is 5.56. The summed E-state index contributed by atoms with van der Waals surface area (Å²) < 4.78 is 34.1. The monoisotopic (exact) mass is 503 g/mol. The molecule has 0 aliphatic rings. The SMILES string of the molecule is COc1ccc(S(=O)(=O)Nc2cc(-c3cnc4[nH]cc(C(=O)C(C)(C)C)c4n3)cc3[nH]ccc23)cc1. The molecule has 10 heteroatoms. The Morgan fingerprint density at radius 2 is 1.81 bits per heavy atom. The Kier molecular flexibility index (Phi) is 5.55. The standard InChI is InChI=1S/C26H25N5O4S/c1-26(2,3)24(32)19-13-28-25-23(19)30-22(14-29-25)15-11-20-18(9-10-27-20)21(12-15)31-36(33,34)17-7-5-16(35-4)6-8-17/h5-14,27,31H,1-4H3,(H,28,29). The van der Waals surface area contributed by atoms with Crippen molar-refractivity contribution in [1.29, 1.82) is 0 Å². The number of rotatable bonds is 6. The molecule has 0 fully saturated rings. The zero-order valence-electron chi connectivity index (χ0n) is 20.2. The maximum Gasteiger partial charge on any atom is 0.261 e. The molecule has 3 N–H and O–H groups in total. The number of aromatic nitrogens is 4. The van der Waals surface area contributed by atoms with E-state index >= 15 is 0 Å². The first-order chi connectivity index (χ1) is 17.1. The third-order valence-corrected chi connectivity index (χ3v) is 7.27. The lowest BCUT2D eigenvalue weighted by atomic mass is 9.87. The van der Waals surface area contributed by atoms with Crippen molar-refractivity contribution in [1.82, 2.24) is 19.9 Å². The number of fused-ring (bicyclic) bond motifs is 2. The molecule has 3 heterocycles. The van der Waals surface area contributed by atoms with Gasteiger partial charge >= 0.3 is 0 Å². The number of carbonyl (C=O) groups is 1. The molecule has 2 aromatic carbocycles. The fourth-order valence-electron chi connectivity index (χ4n) is 3.97. The molecule has 5 aromatic rings. The second-order valence-corrected chi connectivity index (χ2v) is 11.2. The van der Waals surface area contributed by atoms with Gasteiger partial charge in [-0.15, -0.1) is 0 Å². The number of benzene rings is 2. The molecule has 0 radical (unpaired) electrons. The minimum Gasteiger partial charge on any atom is -0.497 e. The highest BCUT2D eigenvalue weighted by molar-refractivity contribution is 7.92. The van der Waals surface area contributed by atoms with Gasteiger partial charge in [0.05, 0.1) is 35.1 Å². The molecule has 184 valence electrons. The van der Waals surface area contributed by atoms with Gasteiger partial charge in [-0.1, -0.05) is 20.8 Å². The van der Waals surface area contributed by atoms with Crippen LogP contribution in [0, 0.1) is 5.41 Å². The minimum absolute atomic E-state index is 0.0482. The van der Waals surface area contributed by atoms with E-state index in [0.717, 1.165) is 5.52 Å². The van der Waals surface area contributed by atoms with Gasteiger partial charge in [0.25, 0.3) is 10.0 Å². The minimum atomic E-state index is -3.87. The summed E-state index contributed by atoms with van der Waals surface area (Å²) in [5, 5.41) is 0.704. The highest BCUT2D eigenvalue weighted by Gasteiger charge is 2.26. The number of ketones is 1. The Bertz CT molecular complexity index is 1710. The fourth-order valence-corrected chi connectivity index (χ4v) is 5.04. The van der Waals surface area contributed by atoms with Crippen LogP contribution < -0.4 is 9.46 Å². The van der Waals surface area contributed by atoms with E-state index in [2.05, 4.69) is 19.7 Å². The number of H-pyrrole nitrogens is 2. The van der Waals surface area contributed by atoms with Gasteiger partial charge in [-0.25, -0.2) is 18.4 Å². The molecule has 0 saturated heterocycles. The van der Waals surface area contributed by atoms with Crippen LogP contribution in [0.15, 0.2) is 66.0 Å². The van der Waals surface area contributed by atoms with Crippen molar-refractivity contribution in [2.24, 2.45) is 5.41 Å². The van der Waals surface area contributed by atoms with Crippen LogP contribution in [-0.2, 0) is 10.0 Å². The topological polar surface area (TPSA) is 130 Å². The lowest BCUT2D eigenvalue weighted by molar-refractivity contribution is 0.0860. The molecule has 0 unspecified atom stereocenters. The summed E-state index contributed by atoms with van der Waals surface area (Å²) in [6, 6.07) is 11.5. The summed E-state index contributed by atoms with van der Waals surface area (Å²) >= 11 is 0. The largest absolute Gasteiger partial charge is 0.497 e. The van der Waals surface area contributed by atoms with Crippen molar-refractivity contribution in [2.45, 2.75) is 25.7 Å². The van der Waals surface area contributed by atoms with E-state index in [9.17, 15) is 13.2 Å². The number of methoxy groups -OCH3 is 1. The maximum atomic E-state index is 13.1. The molecule has 0 saturated carbocycles. The predicted octanol–water partition coefficient (Wildman–Crippen LogP) is 5.14. The zero-order valence-corrected chi connectivity index (χ0v) is 21.0. The second kappa shape index (κ2) is 8.49. The van der Waals surface area contributed by atoms with Crippen LogP contribution >= 0.6 is 0 Å². The number of Topliss-reactive ketones (excluding diaryl/α,β-unsaturated/α-hetero) is 1. The van der Waals surface area contributed by atoms with Crippen LogP contribution in [0.4, 0.5) is 5.69 Å². The molecule has 9 nitrogen and oxygen atoms in total. The quantitative estimate of drug-likeness (QED) is 0.275. The second-order valence-electron chi connectivity index (χ2n) is 9.48. The fraction of sp³-hybridized carbons (Fsp3) is 0.192. The molecule has 36 heavy (non-hydrogen) atoms. The van der Waals surface area contributed by atoms with Crippen LogP contribution in [0.25, 0.3) is 33.3 Å². The lowest BCUT2D eigenvalue weighted by Crippen LogP contribution is -2.20. The zero-order chi connectivity index (χ0) is 25.7. The van der Waals surface area contributed by atoms with E-state index < -0.39 is 15.4 Å². The Balaban J connectivity index is 1.59. The van der Waals surface area contributed by atoms with Gasteiger partial charge in [0.1, 0.15) is 11.3 Å². The molecule has 5 rings (SSSR count). The summed E-state index contributed by atoms with van der Waals surface area (Å²) in [5.41, 5.74) is 3.13. The average Bonchev–Trinajstić information content (AvgIpc) is 3.49. The number of hydrogen-bond donors (Lipinski definition) is 3. The van der Waals surface area contributed by atoms with Gasteiger partial charge in [-0.2, -0.15) is 0 Å². The van der Waals surface area contributed by atoms with Gasteiger partial charge in [0.15, 0.2) is 11.4 Å². The average molecular weight is 504 g/mol. The molecule has 0 spiro atoms. The number of hydrogen-bond acceptors (Lipinski definition) is 6. The van der Waals surface area contributed by atoms with E-state index in [0.29, 0.717) is 44.8 Å². The highest BCUT2D eigenvalue weighted by atomic mass is 32.2. The predicted molar refractivity (Wildman–Crippen MR) is 139 cm³/mol. The normalized spacial score (nSPS) is 12.2. The number of ether oxygens (including phenoxy) is 1. The Morgan fingerprint density at radius 3 is 2.50 bits per heavy atom. The Morgan fingerprint density at radius 1 is 1.06 bits per heavy atom. The van der Waals surface area contributed by atoms with Crippen LogP contribution in [0.2, 0.25) is 0 Å². The first kappa shape index (κ1) is 23.6. The number of anilines is 1. The smallest absolute Gasteiger partial charge is 0.261 e. The van der Waals surface area contributed by atoms with Gasteiger partial charge in [-0.05, 0) is 42.5 Å². The highest BCUT2D eigenvalue weighted by Crippen LogP contribution is 2.33. The van der Waals surface area contributed by atoms with Gasteiger partial charge in [0, 0.05) is 34.3 Å². The number of aromatic amines is 2. The number of sulfonamides is 1. The van der Waals surface area contributed by atoms with E-state index in [1.54, 1.807) is 42.9 Å². The summed E-state index contributed by atoms with van der Waals surface area (Å²) in [7, 11) is -2.35. The van der Waals surface area contributed by atoms with Crippen molar-refractivity contribution >= 4 is 43.6 Å². The lowest BCUT2D eigenvalue weighted by Gasteiger charge is -2.15. The van der Waals surface area contributed by atoms with Gasteiger partial charge < -0.3 is 14.7 Å². The van der Waals surface area contributed by atoms with E-state index in [-0.39, 0.29) is 10.7 Å². The Hall–Kier alpha value is -4.18. The molecular formula is C26H25N5O4S. The first-order valence-corrected chi connectivity index (χ1v) is 12.7. The number of nitrogens with zero attached hydrogens (tertiary/aromatic N) is 2. The summed E-state index contributed by atoms with van der Waals surface area (Å²) in [4.78, 5) is 28.4. The van der Waals surface area contributed by atoms with Crippen LogP contribution in [0.5, 0.6) is 5.75 Å². The van der Waals surface area contributed by atoms with E-state index in [1.807, 2.05) is 26.8 Å². The van der Waals surface area contributed by atoms with Crippen LogP contribution in [0.3, 0.4) is 0 Å². The third-order valence-electron chi connectivity index (χ3n) is 5.89. The molecule has 3 aromatic heterocycles. The van der Waals surface area contributed by atoms with Crippen molar-refractivity contribution in [2.75, 3.05) is 11.8 Å². The number of carbonyl (C=O) groups excluding carboxylic acids is 1. The molecule has 0 aliphatic carbocycles. The van der Waals surface area contributed by atoms with Gasteiger partial charge in [0.2, 0.25) is 0 Å². The van der Waals surface area contributed by atoms with E-state index in [1.165, 1.54) is 19.2 Å². The van der Waals surface area contributed by atoms with Crippen molar-refractivity contribution in [3.05, 3.63) is 66.6 Å². The molecule has 0 atom stereocenters.